The molecule has 0 fully saturated rings. The Bertz CT molecular complexity index is 876. The lowest BCUT2D eigenvalue weighted by Gasteiger charge is -2.06. The molecule has 0 radical (unpaired) electrons. The molecule has 3 N–H and O–H groups in total. The van der Waals surface area contributed by atoms with Crippen LogP contribution in [0.4, 0.5) is 5.82 Å². The first-order valence-corrected chi connectivity index (χ1v) is 7.98. The van der Waals surface area contributed by atoms with E-state index in [4.69, 9.17) is 5.11 Å². The van der Waals surface area contributed by atoms with Crippen LogP contribution >= 0.6 is 11.5 Å². The minimum atomic E-state index is -1.07. The Morgan fingerprint density at radius 1 is 1.12 bits per heavy atom. The molecule has 3 aromatic rings. The van der Waals surface area contributed by atoms with Gasteiger partial charge in [0.05, 0.1) is 10.3 Å². The smallest absolute Gasteiger partial charge is 0.337 e. The minimum Gasteiger partial charge on any atom is -0.478 e. The summed E-state index contributed by atoms with van der Waals surface area (Å²) in [4.78, 5) is 26.5. The number of carboxylic acids is 1. The number of amides is 1. The van der Waals surface area contributed by atoms with Crippen molar-refractivity contribution in [2.45, 2.75) is 0 Å². The third-order valence-corrected chi connectivity index (χ3v) is 4.15. The summed E-state index contributed by atoms with van der Waals surface area (Å²) >= 11 is 1.42. The lowest BCUT2D eigenvalue weighted by molar-refractivity contribution is 0.0695. The number of carboxylic acid groups (broad SMARTS) is 1. The summed E-state index contributed by atoms with van der Waals surface area (Å²) in [7, 11) is 0. The first-order valence-electron chi connectivity index (χ1n) is 7.21. The summed E-state index contributed by atoms with van der Waals surface area (Å²) in [5.41, 5.74) is 0.225. The summed E-state index contributed by atoms with van der Waals surface area (Å²) in [6.07, 6.45) is 1.16. The number of carbonyl (C=O) groups excluding carboxylic acids is 1. The van der Waals surface area contributed by atoms with Crippen molar-refractivity contribution < 1.29 is 14.7 Å². The normalized spacial score (nSPS) is 10.5. The lowest BCUT2D eigenvalue weighted by atomic mass is 10.2. The number of hydrogen-bond acceptors (Lipinski definition) is 6. The standard InChI is InChI=1S/C16H14N4O3S/c21-15(12-6-5-10(9-19-12)16(22)23)18-8-7-17-14-11-3-1-2-4-13(11)24-20-14/h1-6,9H,7-8H2,(H,17,20)(H,18,21)(H,22,23). The maximum Gasteiger partial charge on any atom is 0.337 e. The molecule has 2 aromatic heterocycles. The van der Waals surface area contributed by atoms with E-state index in [1.165, 1.54) is 23.7 Å². The number of benzene rings is 1. The molecule has 0 saturated heterocycles. The van der Waals surface area contributed by atoms with Crippen molar-refractivity contribution in [1.29, 1.82) is 0 Å². The summed E-state index contributed by atoms with van der Waals surface area (Å²) in [6.45, 7) is 0.916. The molecule has 8 heteroatoms. The first-order chi connectivity index (χ1) is 11.6. The monoisotopic (exact) mass is 342 g/mol. The van der Waals surface area contributed by atoms with Gasteiger partial charge in [-0.15, -0.1) is 0 Å². The molecule has 0 atom stereocenters. The van der Waals surface area contributed by atoms with Crippen LogP contribution in [0.25, 0.3) is 10.1 Å². The molecule has 0 spiro atoms. The van der Waals surface area contributed by atoms with Crippen LogP contribution in [-0.4, -0.2) is 39.4 Å². The van der Waals surface area contributed by atoms with Crippen LogP contribution in [0.1, 0.15) is 20.8 Å². The van der Waals surface area contributed by atoms with Crippen LogP contribution in [-0.2, 0) is 0 Å². The molecule has 7 nitrogen and oxygen atoms in total. The van der Waals surface area contributed by atoms with E-state index in [1.54, 1.807) is 0 Å². The third-order valence-electron chi connectivity index (χ3n) is 3.32. The van der Waals surface area contributed by atoms with Crippen LogP contribution in [0.15, 0.2) is 42.6 Å². The Balaban J connectivity index is 1.51. The summed E-state index contributed by atoms with van der Waals surface area (Å²) in [6, 6.07) is 10.7. The van der Waals surface area contributed by atoms with Gasteiger partial charge >= 0.3 is 5.97 Å². The molecule has 1 amide bonds. The quantitative estimate of drug-likeness (QED) is 0.594. The Morgan fingerprint density at radius 2 is 1.96 bits per heavy atom. The van der Waals surface area contributed by atoms with Crippen molar-refractivity contribution in [2.24, 2.45) is 0 Å². The predicted octanol–water partition coefficient (Wildman–Crippen LogP) is 2.23. The average Bonchev–Trinajstić information content (AvgIpc) is 3.02. The fraction of sp³-hybridized carbons (Fsp3) is 0.125. The van der Waals surface area contributed by atoms with E-state index in [0.29, 0.717) is 13.1 Å². The number of anilines is 1. The molecule has 0 saturated carbocycles. The van der Waals surface area contributed by atoms with Crippen molar-refractivity contribution >= 4 is 39.3 Å². The zero-order chi connectivity index (χ0) is 16.9. The van der Waals surface area contributed by atoms with Crippen molar-refractivity contribution in [3.63, 3.8) is 0 Å². The SMILES string of the molecule is O=C(O)c1ccc(C(=O)NCCNc2nsc3ccccc23)nc1. The lowest BCUT2D eigenvalue weighted by Crippen LogP contribution is -2.29. The highest BCUT2D eigenvalue weighted by Crippen LogP contribution is 2.25. The molecular weight excluding hydrogens is 328 g/mol. The molecular formula is C16H14N4O3S. The molecule has 0 unspecified atom stereocenters. The second kappa shape index (κ2) is 7.05. The van der Waals surface area contributed by atoms with Crippen LogP contribution in [0.5, 0.6) is 0 Å². The number of nitrogens with one attached hydrogen (secondary N) is 2. The number of fused-ring (bicyclic) bond motifs is 1. The van der Waals surface area contributed by atoms with E-state index in [1.807, 2.05) is 24.3 Å². The summed E-state index contributed by atoms with van der Waals surface area (Å²) < 4.78 is 5.45. The van der Waals surface area contributed by atoms with Gasteiger partial charge < -0.3 is 15.7 Å². The highest BCUT2D eigenvalue weighted by molar-refractivity contribution is 7.13. The first kappa shape index (κ1) is 15.9. The van der Waals surface area contributed by atoms with Gasteiger partial charge in [-0.3, -0.25) is 9.78 Å². The van der Waals surface area contributed by atoms with E-state index in [0.717, 1.165) is 22.1 Å². The van der Waals surface area contributed by atoms with E-state index >= 15 is 0 Å². The molecule has 0 aliphatic carbocycles. The van der Waals surface area contributed by atoms with E-state index in [2.05, 4.69) is 20.0 Å². The zero-order valence-electron chi connectivity index (χ0n) is 12.5. The van der Waals surface area contributed by atoms with Gasteiger partial charge in [0.15, 0.2) is 0 Å². The summed E-state index contributed by atoms with van der Waals surface area (Å²) in [5, 5.41) is 15.8. The topological polar surface area (TPSA) is 104 Å². The van der Waals surface area contributed by atoms with Gasteiger partial charge in [-0.05, 0) is 35.8 Å². The Kier molecular flexibility index (Phi) is 4.66. The fourth-order valence-corrected chi connectivity index (χ4v) is 2.87. The van der Waals surface area contributed by atoms with Gasteiger partial charge in [-0.2, -0.15) is 4.37 Å². The van der Waals surface area contributed by atoms with Crippen LogP contribution in [0, 0.1) is 0 Å². The van der Waals surface area contributed by atoms with E-state index in [9.17, 15) is 9.59 Å². The predicted molar refractivity (Wildman–Crippen MR) is 91.6 cm³/mol. The molecule has 0 bridgehead atoms. The largest absolute Gasteiger partial charge is 0.478 e. The van der Waals surface area contributed by atoms with Crippen molar-refractivity contribution in [3.8, 4) is 0 Å². The van der Waals surface area contributed by atoms with E-state index in [-0.39, 0.29) is 17.2 Å². The summed E-state index contributed by atoms with van der Waals surface area (Å²) in [5.74, 6) is -0.625. The molecule has 122 valence electrons. The van der Waals surface area contributed by atoms with Gasteiger partial charge in [0, 0.05) is 24.7 Å². The van der Waals surface area contributed by atoms with Crippen molar-refractivity contribution in [3.05, 3.63) is 53.9 Å². The average molecular weight is 342 g/mol. The highest BCUT2D eigenvalue weighted by Gasteiger charge is 2.09. The molecule has 3 rings (SSSR count). The molecule has 2 heterocycles. The maximum atomic E-state index is 11.9. The zero-order valence-corrected chi connectivity index (χ0v) is 13.3. The number of nitrogens with zero attached hydrogens (tertiary/aromatic N) is 2. The van der Waals surface area contributed by atoms with Crippen molar-refractivity contribution in [1.82, 2.24) is 14.7 Å². The number of aromatic carboxylic acids is 1. The molecule has 0 aliphatic rings. The minimum absolute atomic E-state index is 0.0450. The Labute approximate surface area is 141 Å². The van der Waals surface area contributed by atoms with Gasteiger partial charge in [0.2, 0.25) is 0 Å². The Morgan fingerprint density at radius 3 is 2.71 bits per heavy atom. The second-order valence-electron chi connectivity index (χ2n) is 4.95. The van der Waals surface area contributed by atoms with Crippen LogP contribution in [0.3, 0.4) is 0 Å². The van der Waals surface area contributed by atoms with Gasteiger partial charge in [0.1, 0.15) is 11.5 Å². The van der Waals surface area contributed by atoms with Gasteiger partial charge in [0.25, 0.3) is 5.91 Å². The van der Waals surface area contributed by atoms with Crippen molar-refractivity contribution in [2.75, 3.05) is 18.4 Å². The third kappa shape index (κ3) is 3.49. The second-order valence-corrected chi connectivity index (χ2v) is 5.75. The highest BCUT2D eigenvalue weighted by atomic mass is 32.1. The number of pyridine rings is 1. The number of aromatic nitrogens is 2. The molecule has 24 heavy (non-hydrogen) atoms. The van der Waals surface area contributed by atoms with Gasteiger partial charge in [-0.25, -0.2) is 4.79 Å². The maximum absolute atomic E-state index is 11.9. The molecule has 1 aromatic carbocycles. The van der Waals surface area contributed by atoms with Crippen LogP contribution < -0.4 is 10.6 Å². The number of hydrogen-bond donors (Lipinski definition) is 3. The fourth-order valence-electron chi connectivity index (χ4n) is 2.12. The Hall–Kier alpha value is -3.00. The van der Waals surface area contributed by atoms with Crippen LogP contribution in [0.2, 0.25) is 0 Å². The number of rotatable bonds is 6. The van der Waals surface area contributed by atoms with E-state index < -0.39 is 5.97 Å². The number of carbonyl (C=O) groups is 2. The molecule has 0 aliphatic heterocycles. The van der Waals surface area contributed by atoms with Gasteiger partial charge in [-0.1, -0.05) is 12.1 Å².